The monoisotopic (exact) mass is 395 g/mol. The maximum atomic E-state index is 10.9. The molecule has 0 radical (unpaired) electrons. The van der Waals surface area contributed by atoms with Crippen LogP contribution < -0.4 is 4.90 Å². The van der Waals surface area contributed by atoms with Gasteiger partial charge in [0.05, 0.1) is 6.10 Å². The SMILES string of the molecule is Cc1ncnc(N2CC[C@@H](N3CCN(CCc4ccccc4)CC3)[C@H](O)C2)c1C. The summed E-state index contributed by atoms with van der Waals surface area (Å²) < 4.78 is 0. The number of hydrogen-bond donors (Lipinski definition) is 1. The van der Waals surface area contributed by atoms with Gasteiger partial charge in [0, 0.05) is 63.1 Å². The summed E-state index contributed by atoms with van der Waals surface area (Å²) in [6.07, 6.45) is 3.38. The Morgan fingerprint density at radius 3 is 2.48 bits per heavy atom. The first kappa shape index (κ1) is 20.3. The summed E-state index contributed by atoms with van der Waals surface area (Å²) in [7, 11) is 0. The Kier molecular flexibility index (Phi) is 6.43. The van der Waals surface area contributed by atoms with E-state index in [1.54, 1.807) is 6.33 Å². The van der Waals surface area contributed by atoms with Gasteiger partial charge in [-0.1, -0.05) is 30.3 Å². The minimum atomic E-state index is -0.339. The maximum absolute atomic E-state index is 10.9. The van der Waals surface area contributed by atoms with Gasteiger partial charge in [-0.2, -0.15) is 0 Å². The normalized spacial score (nSPS) is 24.0. The molecular formula is C23H33N5O. The van der Waals surface area contributed by atoms with Crippen molar-refractivity contribution in [1.29, 1.82) is 0 Å². The van der Waals surface area contributed by atoms with E-state index in [1.807, 2.05) is 6.92 Å². The fourth-order valence-electron chi connectivity index (χ4n) is 4.63. The van der Waals surface area contributed by atoms with Crippen molar-refractivity contribution in [2.24, 2.45) is 0 Å². The molecule has 1 aromatic heterocycles. The molecule has 4 rings (SSSR count). The third-order valence-electron chi connectivity index (χ3n) is 6.59. The summed E-state index contributed by atoms with van der Waals surface area (Å²) in [6, 6.07) is 11.0. The molecule has 0 unspecified atom stereocenters. The Morgan fingerprint density at radius 1 is 1.00 bits per heavy atom. The highest BCUT2D eigenvalue weighted by Gasteiger charge is 2.34. The lowest BCUT2D eigenvalue weighted by molar-refractivity contribution is 0.00965. The van der Waals surface area contributed by atoms with Gasteiger partial charge in [-0.05, 0) is 32.3 Å². The number of aromatic nitrogens is 2. The van der Waals surface area contributed by atoms with Crippen LogP contribution in [0.1, 0.15) is 23.2 Å². The zero-order valence-electron chi connectivity index (χ0n) is 17.7. The maximum Gasteiger partial charge on any atom is 0.135 e. The van der Waals surface area contributed by atoms with Crippen LogP contribution in [0.5, 0.6) is 0 Å². The summed E-state index contributed by atoms with van der Waals surface area (Å²) in [5.74, 6) is 0.973. The molecule has 0 bridgehead atoms. The number of β-amino-alcohol motifs (C(OH)–C–C–N with tert-alkyl or cyclic N) is 1. The van der Waals surface area contributed by atoms with Crippen molar-refractivity contribution in [3.05, 3.63) is 53.5 Å². The summed E-state index contributed by atoms with van der Waals surface area (Å²) >= 11 is 0. The van der Waals surface area contributed by atoms with Gasteiger partial charge in [-0.15, -0.1) is 0 Å². The first-order valence-electron chi connectivity index (χ1n) is 10.8. The Bertz CT molecular complexity index is 791. The van der Waals surface area contributed by atoms with Gasteiger partial charge in [-0.3, -0.25) is 4.90 Å². The molecule has 2 saturated heterocycles. The first-order valence-corrected chi connectivity index (χ1v) is 10.8. The largest absolute Gasteiger partial charge is 0.390 e. The van der Waals surface area contributed by atoms with Crippen LogP contribution in [0.25, 0.3) is 0 Å². The smallest absolute Gasteiger partial charge is 0.135 e. The molecule has 0 aliphatic carbocycles. The number of benzene rings is 1. The Hall–Kier alpha value is -2.02. The van der Waals surface area contributed by atoms with Crippen LogP contribution in [0.3, 0.4) is 0 Å². The first-order chi connectivity index (χ1) is 14.1. The van der Waals surface area contributed by atoms with E-state index in [0.29, 0.717) is 6.54 Å². The van der Waals surface area contributed by atoms with E-state index in [4.69, 9.17) is 0 Å². The fourth-order valence-corrected chi connectivity index (χ4v) is 4.63. The van der Waals surface area contributed by atoms with E-state index in [1.165, 1.54) is 5.56 Å². The summed E-state index contributed by atoms with van der Waals surface area (Å²) in [4.78, 5) is 16.0. The molecule has 2 aliphatic heterocycles. The van der Waals surface area contributed by atoms with Gasteiger partial charge in [0.15, 0.2) is 0 Å². The van der Waals surface area contributed by atoms with Crippen LogP contribution in [0.2, 0.25) is 0 Å². The highest BCUT2D eigenvalue weighted by Crippen LogP contribution is 2.25. The van der Waals surface area contributed by atoms with Crippen molar-refractivity contribution in [3.8, 4) is 0 Å². The number of piperazine rings is 1. The highest BCUT2D eigenvalue weighted by molar-refractivity contribution is 5.48. The van der Waals surface area contributed by atoms with Gasteiger partial charge in [0.1, 0.15) is 12.1 Å². The molecule has 6 heteroatoms. The van der Waals surface area contributed by atoms with E-state index in [2.05, 4.69) is 61.9 Å². The van der Waals surface area contributed by atoms with Gasteiger partial charge in [-0.25, -0.2) is 9.97 Å². The molecule has 2 aromatic rings. The van der Waals surface area contributed by atoms with Gasteiger partial charge in [0.25, 0.3) is 0 Å². The molecule has 2 atom stereocenters. The second-order valence-electron chi connectivity index (χ2n) is 8.39. The van der Waals surface area contributed by atoms with Crippen LogP contribution in [0.4, 0.5) is 5.82 Å². The van der Waals surface area contributed by atoms with E-state index >= 15 is 0 Å². The van der Waals surface area contributed by atoms with Crippen LogP contribution >= 0.6 is 0 Å². The summed E-state index contributed by atoms with van der Waals surface area (Å²) in [5, 5.41) is 10.9. The van der Waals surface area contributed by atoms with Crippen LogP contribution in [0.15, 0.2) is 36.7 Å². The topological polar surface area (TPSA) is 55.7 Å². The molecule has 0 saturated carbocycles. The highest BCUT2D eigenvalue weighted by atomic mass is 16.3. The average molecular weight is 396 g/mol. The number of aliphatic hydroxyl groups is 1. The van der Waals surface area contributed by atoms with Crippen molar-refractivity contribution >= 4 is 5.82 Å². The standard InChI is InChI=1S/C23H33N5O/c1-18-19(2)24-17-25-23(18)28-11-9-21(22(29)16-28)27-14-12-26(13-15-27)10-8-20-6-4-3-5-7-20/h3-7,17,21-22,29H,8-16H2,1-2H3/t21-,22-/m1/s1. The molecule has 2 aliphatic rings. The van der Waals surface area contributed by atoms with Crippen molar-refractivity contribution in [3.63, 3.8) is 0 Å². The molecule has 3 heterocycles. The van der Waals surface area contributed by atoms with Gasteiger partial charge >= 0.3 is 0 Å². The van der Waals surface area contributed by atoms with Crippen LogP contribution in [-0.2, 0) is 6.42 Å². The number of piperidine rings is 1. The van der Waals surface area contributed by atoms with Crippen molar-refractivity contribution < 1.29 is 5.11 Å². The summed E-state index contributed by atoms with van der Waals surface area (Å²) in [6.45, 7) is 11.0. The molecule has 0 spiro atoms. The number of hydrogen-bond acceptors (Lipinski definition) is 6. The van der Waals surface area contributed by atoms with Crippen molar-refractivity contribution in [1.82, 2.24) is 19.8 Å². The van der Waals surface area contributed by atoms with Crippen molar-refractivity contribution in [2.45, 2.75) is 38.8 Å². The molecule has 156 valence electrons. The number of rotatable bonds is 5. The zero-order chi connectivity index (χ0) is 20.2. The molecule has 29 heavy (non-hydrogen) atoms. The van der Waals surface area contributed by atoms with E-state index in [0.717, 1.165) is 69.2 Å². The molecule has 6 nitrogen and oxygen atoms in total. The molecule has 2 fully saturated rings. The minimum absolute atomic E-state index is 0.255. The number of aryl methyl sites for hydroxylation is 1. The van der Waals surface area contributed by atoms with Gasteiger partial charge in [0.2, 0.25) is 0 Å². The molecule has 1 aromatic carbocycles. The van der Waals surface area contributed by atoms with Crippen molar-refractivity contribution in [2.75, 3.05) is 50.7 Å². The molecule has 0 amide bonds. The second kappa shape index (κ2) is 9.20. The Labute approximate surface area is 174 Å². The molecule has 1 N–H and O–H groups in total. The predicted octanol–water partition coefficient (Wildman–Crippen LogP) is 1.89. The quantitative estimate of drug-likeness (QED) is 0.835. The lowest BCUT2D eigenvalue weighted by Crippen LogP contribution is -2.59. The van der Waals surface area contributed by atoms with E-state index in [9.17, 15) is 5.11 Å². The predicted molar refractivity (Wildman–Crippen MR) is 116 cm³/mol. The fraction of sp³-hybridized carbons (Fsp3) is 0.565. The minimum Gasteiger partial charge on any atom is -0.390 e. The lowest BCUT2D eigenvalue weighted by Gasteiger charge is -2.45. The van der Waals surface area contributed by atoms with Crippen LogP contribution in [0, 0.1) is 13.8 Å². The van der Waals surface area contributed by atoms with E-state index in [-0.39, 0.29) is 12.1 Å². The third-order valence-corrected chi connectivity index (χ3v) is 6.59. The number of aliphatic hydroxyl groups excluding tert-OH is 1. The molecular weight excluding hydrogens is 362 g/mol. The zero-order valence-corrected chi connectivity index (χ0v) is 17.7. The van der Waals surface area contributed by atoms with E-state index < -0.39 is 0 Å². The van der Waals surface area contributed by atoms with Gasteiger partial charge < -0.3 is 14.9 Å². The second-order valence-corrected chi connectivity index (χ2v) is 8.39. The Balaban J connectivity index is 1.27. The summed E-state index contributed by atoms with van der Waals surface area (Å²) in [5.41, 5.74) is 3.54. The average Bonchev–Trinajstić information content (AvgIpc) is 2.75. The Morgan fingerprint density at radius 2 is 1.76 bits per heavy atom. The third kappa shape index (κ3) is 4.77. The van der Waals surface area contributed by atoms with Crippen LogP contribution in [-0.4, -0.2) is 82.8 Å². The lowest BCUT2D eigenvalue weighted by atomic mass is 9.98. The number of anilines is 1. The number of nitrogens with zero attached hydrogens (tertiary/aromatic N) is 5.